The first-order valence-electron chi connectivity index (χ1n) is 0.667. The third kappa shape index (κ3) is 339. The molecule has 0 amide bonds. The SMILES string of the molecule is C#C.C#C.[Pt+2]. The molecule has 0 rings (SSSR count). The summed E-state index contributed by atoms with van der Waals surface area (Å²) in [5.41, 5.74) is 0. The minimum Gasteiger partial charge on any atom is -0.124 e. The topological polar surface area (TPSA) is 0 Å². The van der Waals surface area contributed by atoms with Gasteiger partial charge in [0.15, 0.2) is 0 Å². The molecule has 0 aromatic rings. The molecule has 0 saturated heterocycles. The number of hydrogen-bond donors (Lipinski definition) is 0. The second-order valence-corrected chi connectivity index (χ2v) is 0. The molecular weight excluding hydrogens is 243 g/mol. The van der Waals surface area contributed by atoms with Gasteiger partial charge in [0.1, 0.15) is 0 Å². The van der Waals surface area contributed by atoms with Crippen LogP contribution in [0.1, 0.15) is 0 Å². The van der Waals surface area contributed by atoms with E-state index in [0.29, 0.717) is 0 Å². The summed E-state index contributed by atoms with van der Waals surface area (Å²) in [7, 11) is 0. The van der Waals surface area contributed by atoms with Crippen molar-refractivity contribution < 1.29 is 21.1 Å². The maximum absolute atomic E-state index is 4.00. The van der Waals surface area contributed by atoms with E-state index in [1.165, 1.54) is 0 Å². The third-order valence-corrected chi connectivity index (χ3v) is 0. The van der Waals surface area contributed by atoms with Gasteiger partial charge in [-0.3, -0.25) is 0 Å². The largest absolute Gasteiger partial charge is 2.00 e. The standard InChI is InChI=1S/2C2H2.Pt/c2*1-2;/h2*1-2H;/q;;+2. The molecule has 0 N–H and O–H groups in total. The Labute approximate surface area is 47.2 Å². The molecular formula is C4H4Pt+2. The fraction of sp³-hybridized carbons (Fsp3) is 0. The molecule has 0 unspecified atom stereocenters. The van der Waals surface area contributed by atoms with E-state index in [4.69, 9.17) is 0 Å². The van der Waals surface area contributed by atoms with Crippen molar-refractivity contribution >= 4 is 0 Å². The number of rotatable bonds is 0. The van der Waals surface area contributed by atoms with Gasteiger partial charge in [0.25, 0.3) is 0 Å². The van der Waals surface area contributed by atoms with E-state index >= 15 is 0 Å². The summed E-state index contributed by atoms with van der Waals surface area (Å²) in [6, 6.07) is 0. The van der Waals surface area contributed by atoms with Crippen molar-refractivity contribution in [2.45, 2.75) is 0 Å². The van der Waals surface area contributed by atoms with E-state index in [0.717, 1.165) is 0 Å². The molecule has 0 aromatic carbocycles. The Bertz CT molecular complexity index is 19.1. The van der Waals surface area contributed by atoms with Crippen molar-refractivity contribution in [3.63, 3.8) is 0 Å². The van der Waals surface area contributed by atoms with Crippen LogP contribution in [0.5, 0.6) is 0 Å². The first-order chi connectivity index (χ1) is 2.00. The normalized spacial score (nSPS) is 0.800. The Balaban J connectivity index is -0.0000000133. The summed E-state index contributed by atoms with van der Waals surface area (Å²) in [6.07, 6.45) is 16.0. The van der Waals surface area contributed by atoms with Crippen LogP contribution in [0.15, 0.2) is 0 Å². The summed E-state index contributed by atoms with van der Waals surface area (Å²) >= 11 is 0. The van der Waals surface area contributed by atoms with E-state index in [1.54, 1.807) is 0 Å². The van der Waals surface area contributed by atoms with Gasteiger partial charge in [-0.2, -0.15) is 0 Å². The zero-order chi connectivity index (χ0) is 4.00. The summed E-state index contributed by atoms with van der Waals surface area (Å²) in [4.78, 5) is 0. The Morgan fingerprint density at radius 1 is 0.600 bits per heavy atom. The molecule has 0 radical (unpaired) electrons. The van der Waals surface area contributed by atoms with Crippen molar-refractivity contribution in [3.8, 4) is 25.7 Å². The molecule has 1 heteroatoms. The molecule has 0 saturated carbocycles. The van der Waals surface area contributed by atoms with Gasteiger partial charge in [0.2, 0.25) is 0 Å². The molecule has 0 heterocycles. The van der Waals surface area contributed by atoms with Gasteiger partial charge in [0.05, 0.1) is 0 Å². The van der Waals surface area contributed by atoms with E-state index in [9.17, 15) is 0 Å². The zero-order valence-corrected chi connectivity index (χ0v) is 4.90. The molecule has 0 atom stereocenters. The van der Waals surface area contributed by atoms with Crippen LogP contribution in [0.4, 0.5) is 0 Å². The molecule has 0 nitrogen and oxygen atoms in total. The van der Waals surface area contributed by atoms with Crippen LogP contribution in [0.2, 0.25) is 0 Å². The van der Waals surface area contributed by atoms with Gasteiger partial charge in [-0.05, 0) is 0 Å². The molecule has 0 aliphatic heterocycles. The predicted octanol–water partition coefficient (Wildman–Crippen LogP) is 0.496. The minimum atomic E-state index is 0. The molecule has 0 aliphatic rings. The van der Waals surface area contributed by atoms with Crippen molar-refractivity contribution in [1.29, 1.82) is 0 Å². The van der Waals surface area contributed by atoms with Crippen molar-refractivity contribution in [2.24, 2.45) is 0 Å². The van der Waals surface area contributed by atoms with Gasteiger partial charge in [0, 0.05) is 0 Å². The molecule has 0 aliphatic carbocycles. The van der Waals surface area contributed by atoms with E-state index < -0.39 is 0 Å². The maximum Gasteiger partial charge on any atom is 2.00 e. The number of hydrogen-bond acceptors (Lipinski definition) is 0. The van der Waals surface area contributed by atoms with Crippen LogP contribution >= 0.6 is 0 Å². The first-order valence-corrected chi connectivity index (χ1v) is 0.667. The van der Waals surface area contributed by atoms with Gasteiger partial charge < -0.3 is 0 Å². The van der Waals surface area contributed by atoms with Gasteiger partial charge in [-0.15, -0.1) is 25.7 Å². The van der Waals surface area contributed by atoms with Crippen LogP contribution in [0.25, 0.3) is 0 Å². The second kappa shape index (κ2) is 817. The quantitative estimate of drug-likeness (QED) is 0.547. The van der Waals surface area contributed by atoms with Gasteiger partial charge >= 0.3 is 21.1 Å². The monoisotopic (exact) mass is 247 g/mol. The second-order valence-electron chi connectivity index (χ2n) is 0. The summed E-state index contributed by atoms with van der Waals surface area (Å²) < 4.78 is 0. The Morgan fingerprint density at radius 3 is 0.600 bits per heavy atom. The molecule has 28 valence electrons. The Hall–Kier alpha value is -0.192. The summed E-state index contributed by atoms with van der Waals surface area (Å²) in [5.74, 6) is 0. The summed E-state index contributed by atoms with van der Waals surface area (Å²) in [5, 5.41) is 0. The Kier molecular flexibility index (Phi) is 3490. The van der Waals surface area contributed by atoms with Crippen LogP contribution < -0.4 is 0 Å². The molecule has 0 fully saturated rings. The van der Waals surface area contributed by atoms with Crippen LogP contribution in [0, 0.1) is 25.7 Å². The zero-order valence-electron chi connectivity index (χ0n) is 2.63. The fourth-order valence-corrected chi connectivity index (χ4v) is 0. The van der Waals surface area contributed by atoms with Crippen molar-refractivity contribution in [2.75, 3.05) is 0 Å². The van der Waals surface area contributed by atoms with Crippen LogP contribution in [-0.2, 0) is 21.1 Å². The van der Waals surface area contributed by atoms with Crippen LogP contribution in [-0.4, -0.2) is 0 Å². The summed E-state index contributed by atoms with van der Waals surface area (Å²) in [6.45, 7) is 0. The average molecular weight is 247 g/mol. The number of terminal acetylenes is 2. The molecule has 5 heavy (non-hydrogen) atoms. The average Bonchev–Trinajstić information content (AvgIpc) is 1.50. The van der Waals surface area contributed by atoms with Crippen molar-refractivity contribution in [3.05, 3.63) is 0 Å². The van der Waals surface area contributed by atoms with Gasteiger partial charge in [-0.1, -0.05) is 0 Å². The van der Waals surface area contributed by atoms with E-state index in [-0.39, 0.29) is 21.1 Å². The van der Waals surface area contributed by atoms with E-state index in [1.807, 2.05) is 0 Å². The predicted molar refractivity (Wildman–Crippen MR) is 19.8 cm³/mol. The fourth-order valence-electron chi connectivity index (χ4n) is 0. The smallest absolute Gasteiger partial charge is 0.124 e. The maximum atomic E-state index is 4.00. The minimum absolute atomic E-state index is 0. The first kappa shape index (κ1) is 21.3. The van der Waals surface area contributed by atoms with Gasteiger partial charge in [-0.25, -0.2) is 0 Å². The molecule has 0 aromatic heterocycles. The van der Waals surface area contributed by atoms with E-state index in [2.05, 4.69) is 25.7 Å². The van der Waals surface area contributed by atoms with Crippen molar-refractivity contribution in [1.82, 2.24) is 0 Å². The third-order valence-electron chi connectivity index (χ3n) is 0. The Morgan fingerprint density at radius 2 is 0.600 bits per heavy atom. The molecule has 0 bridgehead atoms. The molecule has 0 spiro atoms. The van der Waals surface area contributed by atoms with Crippen LogP contribution in [0.3, 0.4) is 0 Å².